The van der Waals surface area contributed by atoms with E-state index < -0.39 is 8.32 Å². The smallest absolute Gasteiger partial charge is 0.192 e. The predicted molar refractivity (Wildman–Crippen MR) is 80.6 cm³/mol. The van der Waals surface area contributed by atoms with E-state index in [1.54, 1.807) is 0 Å². The lowest BCUT2D eigenvalue weighted by Gasteiger charge is -2.50. The quantitative estimate of drug-likeness (QED) is 0.773. The number of aliphatic hydroxyl groups is 1. The zero-order chi connectivity index (χ0) is 14.1. The molecule has 0 saturated heterocycles. The molecule has 3 rings (SSSR count). The minimum atomic E-state index is -1.74. The van der Waals surface area contributed by atoms with Crippen molar-refractivity contribution in [2.75, 3.05) is 0 Å². The molecule has 0 heterocycles. The standard InChI is InChI=1S/C16H30O2Si/c1-14(2,3)19(4,5)18-15-9-7-6-8-13(15)16(17)11-12(16)10-15/h12-13,17H,6-11H2,1-5H3/t12-,13-,15+,16-/m0/s1. The van der Waals surface area contributed by atoms with E-state index in [0.717, 1.165) is 12.8 Å². The number of hydrogen-bond donors (Lipinski definition) is 1. The summed E-state index contributed by atoms with van der Waals surface area (Å²) in [5.41, 5.74) is -0.318. The van der Waals surface area contributed by atoms with Crippen molar-refractivity contribution in [2.45, 2.75) is 88.6 Å². The van der Waals surface area contributed by atoms with Gasteiger partial charge in [-0.05, 0) is 49.7 Å². The van der Waals surface area contributed by atoms with Gasteiger partial charge in [0.1, 0.15) is 0 Å². The van der Waals surface area contributed by atoms with E-state index in [4.69, 9.17) is 4.43 Å². The van der Waals surface area contributed by atoms with Gasteiger partial charge in [0, 0.05) is 5.92 Å². The molecule has 0 amide bonds. The fourth-order valence-electron chi connectivity index (χ4n) is 4.41. The molecule has 0 spiro atoms. The average Bonchev–Trinajstić information content (AvgIpc) is 2.81. The van der Waals surface area contributed by atoms with E-state index in [2.05, 4.69) is 33.9 Å². The minimum absolute atomic E-state index is 0.0267. The van der Waals surface area contributed by atoms with Gasteiger partial charge in [-0.3, -0.25) is 0 Å². The molecule has 0 radical (unpaired) electrons. The van der Waals surface area contributed by atoms with Crippen LogP contribution in [0.1, 0.15) is 59.3 Å². The number of hydrogen-bond acceptors (Lipinski definition) is 2. The van der Waals surface area contributed by atoms with Crippen LogP contribution >= 0.6 is 0 Å². The fraction of sp³-hybridized carbons (Fsp3) is 1.00. The minimum Gasteiger partial charge on any atom is -0.411 e. The highest BCUT2D eigenvalue weighted by atomic mass is 28.4. The Bertz CT molecular complexity index is 387. The first kappa shape index (κ1) is 14.1. The van der Waals surface area contributed by atoms with Crippen molar-refractivity contribution in [1.82, 2.24) is 0 Å². The van der Waals surface area contributed by atoms with E-state index in [9.17, 15) is 5.11 Å². The third-order valence-electron chi connectivity index (χ3n) is 6.56. The first-order valence-electron chi connectivity index (χ1n) is 8.03. The van der Waals surface area contributed by atoms with Crippen molar-refractivity contribution >= 4 is 8.32 Å². The SMILES string of the molecule is CC(C)(C)[Si](C)(C)O[C@@]12CCCC[C@@H]1[C@]1(O)C[C@@H]1C2. The number of fused-ring (bicyclic) bond motifs is 3. The van der Waals surface area contributed by atoms with Gasteiger partial charge >= 0.3 is 0 Å². The fourth-order valence-corrected chi connectivity index (χ4v) is 6.06. The third kappa shape index (κ3) is 1.96. The van der Waals surface area contributed by atoms with Gasteiger partial charge in [-0.25, -0.2) is 0 Å². The molecule has 0 aromatic carbocycles. The Morgan fingerprint density at radius 2 is 1.84 bits per heavy atom. The Morgan fingerprint density at radius 1 is 1.16 bits per heavy atom. The summed E-state index contributed by atoms with van der Waals surface area (Å²) in [6.45, 7) is 11.7. The molecule has 2 nitrogen and oxygen atoms in total. The predicted octanol–water partition coefficient (Wildman–Crippen LogP) is 4.09. The molecule has 0 aliphatic heterocycles. The highest BCUT2D eigenvalue weighted by Gasteiger charge is 2.72. The molecule has 3 heteroatoms. The van der Waals surface area contributed by atoms with Gasteiger partial charge in [0.2, 0.25) is 0 Å². The summed E-state index contributed by atoms with van der Waals surface area (Å²) in [5, 5.41) is 11.0. The van der Waals surface area contributed by atoms with Crippen molar-refractivity contribution in [2.24, 2.45) is 11.8 Å². The van der Waals surface area contributed by atoms with Crippen molar-refractivity contribution in [1.29, 1.82) is 0 Å². The summed E-state index contributed by atoms with van der Waals surface area (Å²) in [5.74, 6) is 0.966. The lowest BCUT2D eigenvalue weighted by Crippen LogP contribution is -2.54. The summed E-state index contributed by atoms with van der Waals surface area (Å²) in [6, 6.07) is 0. The lowest BCUT2D eigenvalue weighted by atomic mass is 9.74. The van der Waals surface area contributed by atoms with Crippen LogP contribution in [-0.4, -0.2) is 24.6 Å². The average molecular weight is 282 g/mol. The van der Waals surface area contributed by atoms with Crippen LogP contribution in [0.3, 0.4) is 0 Å². The van der Waals surface area contributed by atoms with Crippen molar-refractivity contribution in [3.63, 3.8) is 0 Å². The van der Waals surface area contributed by atoms with Crippen LogP contribution in [0.25, 0.3) is 0 Å². The molecule has 3 aliphatic rings. The van der Waals surface area contributed by atoms with E-state index in [0.29, 0.717) is 11.8 Å². The van der Waals surface area contributed by atoms with Gasteiger partial charge in [-0.15, -0.1) is 0 Å². The summed E-state index contributed by atoms with van der Waals surface area (Å²) in [4.78, 5) is 0. The molecule has 19 heavy (non-hydrogen) atoms. The van der Waals surface area contributed by atoms with Gasteiger partial charge in [-0.2, -0.15) is 0 Å². The van der Waals surface area contributed by atoms with E-state index in [1.165, 1.54) is 25.7 Å². The molecule has 0 bridgehead atoms. The zero-order valence-electron chi connectivity index (χ0n) is 13.3. The maximum absolute atomic E-state index is 10.8. The van der Waals surface area contributed by atoms with Crippen LogP contribution in [0.2, 0.25) is 18.1 Å². The molecule has 3 aliphatic carbocycles. The van der Waals surface area contributed by atoms with Crippen LogP contribution in [0.5, 0.6) is 0 Å². The largest absolute Gasteiger partial charge is 0.411 e. The summed E-state index contributed by atoms with van der Waals surface area (Å²) >= 11 is 0. The summed E-state index contributed by atoms with van der Waals surface area (Å²) in [7, 11) is -1.74. The lowest BCUT2D eigenvalue weighted by molar-refractivity contribution is -0.0684. The Hall–Kier alpha value is 0.137. The van der Waals surface area contributed by atoms with Crippen LogP contribution in [-0.2, 0) is 4.43 Å². The molecule has 3 fully saturated rings. The van der Waals surface area contributed by atoms with Gasteiger partial charge in [0.05, 0.1) is 11.2 Å². The third-order valence-corrected chi connectivity index (χ3v) is 11.1. The van der Waals surface area contributed by atoms with Crippen LogP contribution in [0.4, 0.5) is 0 Å². The molecule has 110 valence electrons. The van der Waals surface area contributed by atoms with E-state index in [-0.39, 0.29) is 16.2 Å². The van der Waals surface area contributed by atoms with Crippen LogP contribution in [0, 0.1) is 11.8 Å². The monoisotopic (exact) mass is 282 g/mol. The topological polar surface area (TPSA) is 29.5 Å². The van der Waals surface area contributed by atoms with Gasteiger partial charge in [0.15, 0.2) is 8.32 Å². The molecule has 0 aromatic rings. The second-order valence-corrected chi connectivity index (χ2v) is 13.5. The molecular weight excluding hydrogens is 252 g/mol. The Balaban J connectivity index is 1.86. The summed E-state index contributed by atoms with van der Waals surface area (Å²) < 4.78 is 6.90. The second-order valence-electron chi connectivity index (χ2n) is 8.82. The van der Waals surface area contributed by atoms with E-state index >= 15 is 0 Å². The Morgan fingerprint density at radius 3 is 2.47 bits per heavy atom. The second kappa shape index (κ2) is 3.86. The Labute approximate surface area is 119 Å². The zero-order valence-corrected chi connectivity index (χ0v) is 14.3. The molecule has 4 atom stereocenters. The molecule has 1 N–H and O–H groups in total. The van der Waals surface area contributed by atoms with Crippen molar-refractivity contribution < 1.29 is 9.53 Å². The Kier molecular flexibility index (Phi) is 2.86. The van der Waals surface area contributed by atoms with Gasteiger partial charge in [0.25, 0.3) is 0 Å². The molecule has 0 aromatic heterocycles. The van der Waals surface area contributed by atoms with Crippen molar-refractivity contribution in [3.05, 3.63) is 0 Å². The van der Waals surface area contributed by atoms with Crippen LogP contribution in [0.15, 0.2) is 0 Å². The maximum Gasteiger partial charge on any atom is 0.192 e. The van der Waals surface area contributed by atoms with Gasteiger partial charge < -0.3 is 9.53 Å². The van der Waals surface area contributed by atoms with Crippen molar-refractivity contribution in [3.8, 4) is 0 Å². The van der Waals surface area contributed by atoms with E-state index in [1.807, 2.05) is 0 Å². The molecule has 3 saturated carbocycles. The maximum atomic E-state index is 10.8. The van der Waals surface area contributed by atoms with Gasteiger partial charge in [-0.1, -0.05) is 33.6 Å². The molecular formula is C16H30O2Si. The van der Waals surface area contributed by atoms with Crippen LogP contribution < -0.4 is 0 Å². The highest BCUT2D eigenvalue weighted by molar-refractivity contribution is 6.74. The first-order valence-corrected chi connectivity index (χ1v) is 10.9. The first-order chi connectivity index (χ1) is 8.61. The summed E-state index contributed by atoms with van der Waals surface area (Å²) in [6.07, 6.45) is 7.10. The molecule has 0 unspecified atom stereocenters. The number of rotatable bonds is 2. The normalized spacial score (nSPS) is 45.8. The highest BCUT2D eigenvalue weighted by Crippen LogP contribution is 2.68.